The van der Waals surface area contributed by atoms with E-state index in [-0.39, 0.29) is 11.5 Å². The maximum absolute atomic E-state index is 11.9. The molecule has 0 saturated carbocycles. The second-order valence-electron chi connectivity index (χ2n) is 6.06. The van der Waals surface area contributed by atoms with Gasteiger partial charge in [0.1, 0.15) is 5.75 Å². The van der Waals surface area contributed by atoms with Gasteiger partial charge >= 0.3 is 5.97 Å². The summed E-state index contributed by atoms with van der Waals surface area (Å²) in [4.78, 5) is 23.6. The number of benzene rings is 1. The van der Waals surface area contributed by atoms with Gasteiger partial charge < -0.3 is 24.3 Å². The Bertz CT molecular complexity index is 863. The van der Waals surface area contributed by atoms with Crippen molar-refractivity contribution in [1.29, 1.82) is 0 Å². The molecule has 1 fully saturated rings. The van der Waals surface area contributed by atoms with Crippen molar-refractivity contribution in [2.24, 2.45) is 0 Å². The van der Waals surface area contributed by atoms with Gasteiger partial charge in [0.2, 0.25) is 0 Å². The highest BCUT2D eigenvalue weighted by Crippen LogP contribution is 2.35. The number of methoxy groups -OCH3 is 3. The first-order chi connectivity index (χ1) is 13.3. The van der Waals surface area contributed by atoms with E-state index in [2.05, 4.69) is 5.32 Å². The van der Waals surface area contributed by atoms with Gasteiger partial charge in [-0.05, 0) is 18.6 Å². The van der Waals surface area contributed by atoms with Crippen LogP contribution < -0.4 is 19.5 Å². The predicted molar refractivity (Wildman–Crippen MR) is 101 cm³/mol. The molecular weight excluding hydrogens is 390 g/mol. The number of amides is 1. The Balaban J connectivity index is 1.92. The van der Waals surface area contributed by atoms with Crippen molar-refractivity contribution in [3.8, 4) is 17.2 Å². The highest BCUT2D eigenvalue weighted by atomic mass is 32.2. The van der Waals surface area contributed by atoms with E-state index in [0.29, 0.717) is 29.2 Å². The number of esters is 1. The van der Waals surface area contributed by atoms with E-state index < -0.39 is 34.4 Å². The van der Waals surface area contributed by atoms with E-state index in [9.17, 15) is 18.0 Å². The molecule has 0 aromatic heterocycles. The third-order valence-electron chi connectivity index (χ3n) is 4.08. The van der Waals surface area contributed by atoms with Crippen LogP contribution in [0.15, 0.2) is 18.2 Å². The molecule has 1 N–H and O–H groups in total. The summed E-state index contributed by atoms with van der Waals surface area (Å²) in [7, 11) is 1.37. The van der Waals surface area contributed by atoms with Gasteiger partial charge in [0.05, 0.1) is 32.8 Å². The van der Waals surface area contributed by atoms with Crippen molar-refractivity contribution >= 4 is 27.8 Å². The summed E-state index contributed by atoms with van der Waals surface area (Å²) in [6, 6.07) is 2.81. The van der Waals surface area contributed by atoms with Crippen LogP contribution in [0.1, 0.15) is 12.0 Å². The van der Waals surface area contributed by atoms with Crippen LogP contribution in [-0.2, 0) is 24.2 Å². The molecule has 10 heteroatoms. The largest absolute Gasteiger partial charge is 0.496 e. The molecular formula is C18H23NO8S. The molecule has 0 spiro atoms. The summed E-state index contributed by atoms with van der Waals surface area (Å²) in [6.45, 7) is -0.497. The van der Waals surface area contributed by atoms with E-state index in [1.807, 2.05) is 0 Å². The summed E-state index contributed by atoms with van der Waals surface area (Å²) in [5.74, 6) is 0.0756. The average molecular weight is 413 g/mol. The lowest BCUT2D eigenvalue weighted by Crippen LogP contribution is -2.38. The molecule has 1 aliphatic rings. The lowest BCUT2D eigenvalue weighted by atomic mass is 10.1. The molecule has 1 aromatic carbocycles. The van der Waals surface area contributed by atoms with Crippen molar-refractivity contribution in [1.82, 2.24) is 5.32 Å². The Morgan fingerprint density at radius 3 is 2.32 bits per heavy atom. The van der Waals surface area contributed by atoms with Crippen molar-refractivity contribution in [2.45, 2.75) is 12.5 Å². The Hall–Kier alpha value is -2.75. The fraction of sp³-hybridized carbons (Fsp3) is 0.444. The summed E-state index contributed by atoms with van der Waals surface area (Å²) in [5, 5.41) is 2.54. The van der Waals surface area contributed by atoms with Crippen LogP contribution in [0.2, 0.25) is 0 Å². The molecule has 0 unspecified atom stereocenters. The molecule has 2 rings (SSSR count). The van der Waals surface area contributed by atoms with Crippen molar-refractivity contribution in [3.63, 3.8) is 0 Å². The van der Waals surface area contributed by atoms with Crippen LogP contribution in [0.4, 0.5) is 0 Å². The molecule has 28 heavy (non-hydrogen) atoms. The third-order valence-corrected chi connectivity index (χ3v) is 5.85. The minimum atomic E-state index is -3.09. The minimum Gasteiger partial charge on any atom is -0.496 e. The molecule has 1 saturated heterocycles. The number of carbonyl (C=O) groups excluding carboxylic acids is 2. The van der Waals surface area contributed by atoms with Crippen LogP contribution in [-0.4, -0.2) is 65.8 Å². The topological polar surface area (TPSA) is 117 Å². The van der Waals surface area contributed by atoms with Gasteiger partial charge in [0.15, 0.2) is 27.9 Å². The average Bonchev–Trinajstić information content (AvgIpc) is 3.01. The Morgan fingerprint density at radius 2 is 1.75 bits per heavy atom. The Labute approximate surface area is 163 Å². The van der Waals surface area contributed by atoms with E-state index in [1.54, 1.807) is 12.1 Å². The molecule has 0 radical (unpaired) electrons. The van der Waals surface area contributed by atoms with Gasteiger partial charge in [-0.3, -0.25) is 4.79 Å². The van der Waals surface area contributed by atoms with Gasteiger partial charge in [-0.15, -0.1) is 0 Å². The molecule has 1 aliphatic heterocycles. The van der Waals surface area contributed by atoms with Crippen LogP contribution in [0, 0.1) is 0 Å². The minimum absolute atomic E-state index is 0.0492. The second kappa shape index (κ2) is 9.45. The molecule has 0 bridgehead atoms. The quantitative estimate of drug-likeness (QED) is 0.486. The summed E-state index contributed by atoms with van der Waals surface area (Å²) < 4.78 is 43.3. The number of hydrogen-bond donors (Lipinski definition) is 1. The van der Waals surface area contributed by atoms with Crippen LogP contribution in [0.25, 0.3) is 6.08 Å². The van der Waals surface area contributed by atoms with E-state index in [1.165, 1.54) is 27.4 Å². The lowest BCUT2D eigenvalue weighted by Gasteiger charge is -2.12. The summed E-state index contributed by atoms with van der Waals surface area (Å²) >= 11 is 0. The molecule has 1 aromatic rings. The molecule has 1 heterocycles. The number of nitrogens with one attached hydrogen (secondary N) is 1. The highest BCUT2D eigenvalue weighted by Gasteiger charge is 2.28. The number of ether oxygens (including phenoxy) is 4. The molecule has 1 amide bonds. The fourth-order valence-corrected chi connectivity index (χ4v) is 4.38. The van der Waals surface area contributed by atoms with Gasteiger partial charge in [0, 0.05) is 23.7 Å². The first-order valence-corrected chi connectivity index (χ1v) is 10.2. The van der Waals surface area contributed by atoms with E-state index >= 15 is 0 Å². The SMILES string of the molecule is COc1cc(OC)c(OC)cc1/C=C/C(=O)OCC(=O)N[C@@H]1CCS(=O)(=O)C1. The van der Waals surface area contributed by atoms with Gasteiger partial charge in [-0.2, -0.15) is 0 Å². The molecule has 0 aliphatic carbocycles. The first-order valence-electron chi connectivity index (χ1n) is 8.42. The van der Waals surface area contributed by atoms with E-state index in [4.69, 9.17) is 18.9 Å². The van der Waals surface area contributed by atoms with Crippen LogP contribution in [0.5, 0.6) is 17.2 Å². The zero-order valence-corrected chi connectivity index (χ0v) is 16.7. The number of rotatable bonds is 8. The fourth-order valence-electron chi connectivity index (χ4n) is 2.70. The number of carbonyl (C=O) groups is 2. The number of sulfone groups is 1. The monoisotopic (exact) mass is 413 g/mol. The van der Waals surface area contributed by atoms with Gasteiger partial charge in [0.25, 0.3) is 5.91 Å². The lowest BCUT2D eigenvalue weighted by molar-refractivity contribution is -0.143. The summed E-state index contributed by atoms with van der Waals surface area (Å²) in [6.07, 6.45) is 2.97. The van der Waals surface area contributed by atoms with E-state index in [0.717, 1.165) is 6.08 Å². The standard InChI is InChI=1S/C18H23NO8S/c1-24-14-9-16(26-3)15(25-2)8-12(14)4-5-18(21)27-10-17(20)19-13-6-7-28(22,23)11-13/h4-5,8-9,13H,6-7,10-11H2,1-3H3,(H,19,20)/b5-4+/t13-/m1/s1. The highest BCUT2D eigenvalue weighted by molar-refractivity contribution is 7.91. The van der Waals surface area contributed by atoms with Crippen molar-refractivity contribution in [2.75, 3.05) is 39.4 Å². The molecule has 9 nitrogen and oxygen atoms in total. The Morgan fingerprint density at radius 1 is 1.11 bits per heavy atom. The number of hydrogen-bond acceptors (Lipinski definition) is 8. The zero-order chi connectivity index (χ0) is 20.7. The van der Waals surface area contributed by atoms with Crippen molar-refractivity contribution < 1.29 is 37.0 Å². The zero-order valence-electron chi connectivity index (χ0n) is 15.9. The van der Waals surface area contributed by atoms with Crippen LogP contribution >= 0.6 is 0 Å². The molecule has 154 valence electrons. The van der Waals surface area contributed by atoms with Crippen LogP contribution in [0.3, 0.4) is 0 Å². The normalized spacial score (nSPS) is 17.9. The first kappa shape index (κ1) is 21.5. The second-order valence-corrected chi connectivity index (χ2v) is 8.29. The molecule has 1 atom stereocenters. The predicted octanol–water partition coefficient (Wildman–Crippen LogP) is 0.572. The van der Waals surface area contributed by atoms with Gasteiger partial charge in [-0.1, -0.05) is 0 Å². The third kappa shape index (κ3) is 5.88. The van der Waals surface area contributed by atoms with Crippen molar-refractivity contribution in [3.05, 3.63) is 23.8 Å². The maximum Gasteiger partial charge on any atom is 0.331 e. The maximum atomic E-state index is 11.9. The summed E-state index contributed by atoms with van der Waals surface area (Å²) in [5.41, 5.74) is 0.553. The smallest absolute Gasteiger partial charge is 0.331 e. The Kier molecular flexibility index (Phi) is 7.27. The van der Waals surface area contributed by atoms with Gasteiger partial charge in [-0.25, -0.2) is 13.2 Å².